The van der Waals surface area contributed by atoms with Crippen molar-refractivity contribution in [1.29, 1.82) is 0 Å². The van der Waals surface area contributed by atoms with Crippen LogP contribution in [0.4, 0.5) is 5.69 Å². The van der Waals surface area contributed by atoms with E-state index in [1.807, 2.05) is 13.8 Å². The van der Waals surface area contributed by atoms with E-state index in [0.29, 0.717) is 13.0 Å². The number of rotatable bonds is 1. The number of nitrogens with zero attached hydrogens (tertiary/aromatic N) is 1. The van der Waals surface area contributed by atoms with Crippen molar-refractivity contribution in [3.05, 3.63) is 23.3 Å². The number of alkyl halides is 1. The summed E-state index contributed by atoms with van der Waals surface area (Å²) in [5, 5.41) is 9.34. The smallest absolute Gasteiger partial charge is 0.228 e. The Morgan fingerprint density at radius 1 is 1.38 bits per heavy atom. The molecule has 1 aromatic rings. The number of halogens is 1. The van der Waals surface area contributed by atoms with E-state index in [1.165, 1.54) is 0 Å². The highest BCUT2D eigenvalue weighted by Crippen LogP contribution is 2.32. The lowest BCUT2D eigenvalue weighted by Crippen LogP contribution is -2.26. The Kier molecular flexibility index (Phi) is 2.80. The minimum Gasteiger partial charge on any atom is -0.508 e. The monoisotopic (exact) mass is 239 g/mol. The molecule has 1 aliphatic heterocycles. The van der Waals surface area contributed by atoms with Gasteiger partial charge in [0.25, 0.3) is 0 Å². The predicted molar refractivity (Wildman–Crippen MR) is 64.2 cm³/mol. The lowest BCUT2D eigenvalue weighted by atomic mass is 10.1. The molecule has 1 unspecified atom stereocenters. The second-order valence-corrected chi connectivity index (χ2v) is 4.85. The van der Waals surface area contributed by atoms with E-state index < -0.39 is 0 Å². The van der Waals surface area contributed by atoms with E-state index in [4.69, 9.17) is 11.6 Å². The van der Waals surface area contributed by atoms with Gasteiger partial charge in [-0.3, -0.25) is 4.79 Å². The van der Waals surface area contributed by atoms with E-state index in [9.17, 15) is 9.90 Å². The van der Waals surface area contributed by atoms with Crippen molar-refractivity contribution in [2.45, 2.75) is 25.6 Å². The van der Waals surface area contributed by atoms with E-state index in [2.05, 4.69) is 0 Å². The first-order valence-electron chi connectivity index (χ1n) is 5.23. The molecule has 0 radical (unpaired) electrons. The minimum atomic E-state index is -0.111. The zero-order valence-corrected chi connectivity index (χ0v) is 10.1. The Bertz CT molecular complexity index is 422. The van der Waals surface area contributed by atoms with Crippen LogP contribution in [0.1, 0.15) is 17.5 Å². The number of carbonyl (C=O) groups excluding carboxylic acids is 1. The number of phenols is 1. The third kappa shape index (κ3) is 1.87. The van der Waals surface area contributed by atoms with E-state index in [1.54, 1.807) is 17.0 Å². The summed E-state index contributed by atoms with van der Waals surface area (Å²) < 4.78 is 0. The van der Waals surface area contributed by atoms with Crippen molar-refractivity contribution in [2.75, 3.05) is 11.4 Å². The molecule has 0 aliphatic carbocycles. The average molecular weight is 240 g/mol. The Morgan fingerprint density at radius 2 is 1.94 bits per heavy atom. The maximum absolute atomic E-state index is 11.8. The first kappa shape index (κ1) is 11.3. The molecule has 1 fully saturated rings. The van der Waals surface area contributed by atoms with Gasteiger partial charge >= 0.3 is 0 Å². The fourth-order valence-corrected chi connectivity index (χ4v) is 2.51. The normalized spacial score (nSPS) is 20.6. The number of carbonyl (C=O) groups is 1. The highest BCUT2D eigenvalue weighted by atomic mass is 35.5. The number of hydrogen-bond acceptors (Lipinski definition) is 2. The van der Waals surface area contributed by atoms with Crippen LogP contribution < -0.4 is 4.90 Å². The van der Waals surface area contributed by atoms with E-state index in [-0.39, 0.29) is 17.0 Å². The van der Waals surface area contributed by atoms with Crippen molar-refractivity contribution in [3.63, 3.8) is 0 Å². The van der Waals surface area contributed by atoms with Crippen LogP contribution >= 0.6 is 11.6 Å². The summed E-state index contributed by atoms with van der Waals surface area (Å²) in [4.78, 5) is 13.5. The summed E-state index contributed by atoms with van der Waals surface area (Å²) >= 11 is 5.98. The van der Waals surface area contributed by atoms with Crippen LogP contribution in [0.25, 0.3) is 0 Å². The first-order chi connectivity index (χ1) is 7.49. The number of hydrogen-bond donors (Lipinski definition) is 1. The number of aromatic hydroxyl groups is 1. The third-order valence-corrected chi connectivity index (χ3v) is 3.12. The molecule has 1 aromatic carbocycles. The van der Waals surface area contributed by atoms with Gasteiger partial charge in [0.2, 0.25) is 5.91 Å². The average Bonchev–Trinajstić information content (AvgIpc) is 2.43. The Hall–Kier alpha value is -1.22. The zero-order chi connectivity index (χ0) is 11.9. The molecule has 3 nitrogen and oxygen atoms in total. The lowest BCUT2D eigenvalue weighted by Gasteiger charge is -2.21. The summed E-state index contributed by atoms with van der Waals surface area (Å²) in [5.41, 5.74) is 2.68. The molecule has 0 spiro atoms. The lowest BCUT2D eigenvalue weighted by molar-refractivity contribution is -0.117. The molecule has 1 N–H and O–H groups in total. The van der Waals surface area contributed by atoms with Crippen LogP contribution in [0.15, 0.2) is 12.1 Å². The van der Waals surface area contributed by atoms with Crippen molar-refractivity contribution in [1.82, 2.24) is 0 Å². The van der Waals surface area contributed by atoms with Crippen LogP contribution in [-0.2, 0) is 4.79 Å². The Balaban J connectivity index is 2.44. The van der Waals surface area contributed by atoms with Crippen molar-refractivity contribution in [2.24, 2.45) is 0 Å². The predicted octanol–water partition coefficient (Wildman–Crippen LogP) is 2.35. The molecule has 4 heteroatoms. The molecule has 1 atom stereocenters. The largest absolute Gasteiger partial charge is 0.508 e. The molecule has 0 saturated carbocycles. The van der Waals surface area contributed by atoms with Gasteiger partial charge < -0.3 is 10.0 Å². The van der Waals surface area contributed by atoms with Gasteiger partial charge in [-0.25, -0.2) is 0 Å². The molecule has 86 valence electrons. The fraction of sp³-hybridized carbons (Fsp3) is 0.417. The molecule has 16 heavy (non-hydrogen) atoms. The highest BCUT2D eigenvalue weighted by molar-refractivity contribution is 6.24. The molecular formula is C12H14ClNO2. The third-order valence-electron chi connectivity index (χ3n) is 2.82. The maximum Gasteiger partial charge on any atom is 0.228 e. The quantitative estimate of drug-likeness (QED) is 0.765. The summed E-state index contributed by atoms with van der Waals surface area (Å²) in [5.74, 6) is 0.282. The van der Waals surface area contributed by atoms with Gasteiger partial charge in [-0.2, -0.15) is 0 Å². The maximum atomic E-state index is 11.8. The molecular weight excluding hydrogens is 226 g/mol. The van der Waals surface area contributed by atoms with Crippen LogP contribution in [0.5, 0.6) is 5.75 Å². The van der Waals surface area contributed by atoms with Gasteiger partial charge in [0, 0.05) is 18.7 Å². The topological polar surface area (TPSA) is 40.5 Å². The fourth-order valence-electron chi connectivity index (χ4n) is 2.24. The van der Waals surface area contributed by atoms with E-state index >= 15 is 0 Å². The van der Waals surface area contributed by atoms with Crippen LogP contribution in [0, 0.1) is 13.8 Å². The van der Waals surface area contributed by atoms with E-state index in [0.717, 1.165) is 16.8 Å². The minimum absolute atomic E-state index is 0.0527. The van der Waals surface area contributed by atoms with Gasteiger partial charge in [0.1, 0.15) is 5.75 Å². The summed E-state index contributed by atoms with van der Waals surface area (Å²) in [6.45, 7) is 4.32. The SMILES string of the molecule is Cc1cc(O)cc(C)c1N1CC(Cl)CC1=O. The first-order valence-corrected chi connectivity index (χ1v) is 5.67. The molecule has 1 aliphatic rings. The second-order valence-electron chi connectivity index (χ2n) is 4.23. The summed E-state index contributed by atoms with van der Waals surface area (Å²) in [7, 11) is 0. The van der Waals surface area contributed by atoms with Crippen LogP contribution in [0.3, 0.4) is 0 Å². The second kappa shape index (κ2) is 3.98. The number of amides is 1. The zero-order valence-electron chi connectivity index (χ0n) is 9.33. The van der Waals surface area contributed by atoms with Gasteiger partial charge in [0.05, 0.1) is 5.38 Å². The molecule has 1 heterocycles. The van der Waals surface area contributed by atoms with Gasteiger partial charge in [-0.15, -0.1) is 11.6 Å². The Morgan fingerprint density at radius 3 is 2.38 bits per heavy atom. The molecule has 2 rings (SSSR count). The van der Waals surface area contributed by atoms with Crippen LogP contribution in [-0.4, -0.2) is 22.9 Å². The standard InChI is InChI=1S/C12H14ClNO2/c1-7-3-10(15)4-8(2)12(7)14-6-9(13)5-11(14)16/h3-4,9,15H,5-6H2,1-2H3. The van der Waals surface area contributed by atoms with Gasteiger partial charge in [-0.1, -0.05) is 0 Å². The van der Waals surface area contributed by atoms with Gasteiger partial charge in [0.15, 0.2) is 0 Å². The van der Waals surface area contributed by atoms with Crippen molar-refractivity contribution in [3.8, 4) is 5.75 Å². The number of anilines is 1. The molecule has 1 saturated heterocycles. The molecule has 0 bridgehead atoms. The highest BCUT2D eigenvalue weighted by Gasteiger charge is 2.30. The van der Waals surface area contributed by atoms with Crippen molar-refractivity contribution >= 4 is 23.2 Å². The summed E-state index contributed by atoms with van der Waals surface area (Å²) in [6, 6.07) is 3.33. The number of aryl methyl sites for hydroxylation is 2. The van der Waals surface area contributed by atoms with Crippen molar-refractivity contribution < 1.29 is 9.90 Å². The molecule has 0 aromatic heterocycles. The molecule has 1 amide bonds. The summed E-state index contributed by atoms with van der Waals surface area (Å²) in [6.07, 6.45) is 0.390. The number of phenolic OH excluding ortho intramolecular Hbond substituents is 1. The van der Waals surface area contributed by atoms with Gasteiger partial charge in [-0.05, 0) is 37.1 Å². The Labute approximate surface area is 99.6 Å². The van der Waals surface area contributed by atoms with Crippen LogP contribution in [0.2, 0.25) is 0 Å². The number of benzene rings is 1.